The monoisotopic (exact) mass is 282 g/mol. The smallest absolute Gasteiger partial charge is 0.0683 e. The highest BCUT2D eigenvalue weighted by molar-refractivity contribution is 7.99. The first-order valence-corrected chi connectivity index (χ1v) is 7.41. The summed E-state index contributed by atoms with van der Waals surface area (Å²) >= 11 is 7.79. The normalized spacial score (nSPS) is 11.2. The number of nitrogens with two attached hydrogens (primary N) is 1. The molecule has 0 saturated heterocycles. The van der Waals surface area contributed by atoms with Gasteiger partial charge in [0.2, 0.25) is 0 Å². The summed E-state index contributed by atoms with van der Waals surface area (Å²) < 4.78 is 0. The summed E-state index contributed by atoms with van der Waals surface area (Å²) in [6, 6.07) is 7.91. The average Bonchev–Trinajstić information content (AvgIpc) is 2.32. The number of hydrogen-bond donors (Lipinski definition) is 1. The molecule has 0 aromatic heterocycles. The molecule has 18 heavy (non-hydrogen) atoms. The minimum atomic E-state index is -0.214. The Bertz CT molecular complexity index is 418. The molecule has 2 N–H and O–H groups in total. The number of unbranched alkanes of at least 4 members (excludes halogenated alkanes) is 1. The van der Waals surface area contributed by atoms with Crippen LogP contribution in [0.15, 0.2) is 23.1 Å². The van der Waals surface area contributed by atoms with Gasteiger partial charge in [-0.25, -0.2) is 0 Å². The van der Waals surface area contributed by atoms with E-state index >= 15 is 0 Å². The van der Waals surface area contributed by atoms with Crippen LogP contribution in [-0.2, 0) is 0 Å². The zero-order valence-electron chi connectivity index (χ0n) is 10.9. The molecule has 1 aromatic rings. The van der Waals surface area contributed by atoms with E-state index < -0.39 is 0 Å². The van der Waals surface area contributed by atoms with Crippen molar-refractivity contribution in [1.82, 2.24) is 0 Å². The first-order valence-electron chi connectivity index (χ1n) is 6.04. The predicted octanol–water partition coefficient (Wildman–Crippen LogP) is 4.73. The van der Waals surface area contributed by atoms with E-state index in [1.165, 1.54) is 0 Å². The Labute approximate surface area is 119 Å². The molecule has 1 aromatic carbocycles. The van der Waals surface area contributed by atoms with E-state index in [-0.39, 0.29) is 5.41 Å². The number of thioether (sulfide) groups is 1. The van der Waals surface area contributed by atoms with Gasteiger partial charge >= 0.3 is 0 Å². The van der Waals surface area contributed by atoms with Gasteiger partial charge in [0.15, 0.2) is 0 Å². The maximum Gasteiger partial charge on any atom is 0.0683 e. The van der Waals surface area contributed by atoms with Crippen LogP contribution < -0.4 is 5.73 Å². The summed E-state index contributed by atoms with van der Waals surface area (Å²) in [5.74, 6) is 0.982. The van der Waals surface area contributed by atoms with E-state index in [0.29, 0.717) is 0 Å². The fraction of sp³-hybridized carbons (Fsp3) is 0.500. The molecule has 0 radical (unpaired) electrons. The Balaban J connectivity index is 2.33. The first kappa shape index (κ1) is 15.2. The van der Waals surface area contributed by atoms with Crippen molar-refractivity contribution in [3.63, 3.8) is 0 Å². The van der Waals surface area contributed by atoms with Crippen LogP contribution in [0.5, 0.6) is 0 Å². The summed E-state index contributed by atoms with van der Waals surface area (Å²) in [6.45, 7) is 3.96. The Morgan fingerprint density at radius 2 is 2.11 bits per heavy atom. The van der Waals surface area contributed by atoms with Gasteiger partial charge in [0.25, 0.3) is 0 Å². The van der Waals surface area contributed by atoms with E-state index in [2.05, 4.69) is 6.07 Å². The SMILES string of the molecule is CC(C)(C#N)CCCCSc1c(N)cccc1Cl. The largest absolute Gasteiger partial charge is 0.398 e. The third-order valence-electron chi connectivity index (χ3n) is 2.74. The zero-order valence-corrected chi connectivity index (χ0v) is 12.4. The van der Waals surface area contributed by atoms with Gasteiger partial charge in [-0.2, -0.15) is 5.26 Å². The van der Waals surface area contributed by atoms with Crippen LogP contribution in [0.4, 0.5) is 5.69 Å². The second-order valence-corrected chi connectivity index (χ2v) is 6.47. The summed E-state index contributed by atoms with van der Waals surface area (Å²) in [5.41, 5.74) is 6.40. The third kappa shape index (κ3) is 4.80. The lowest BCUT2D eigenvalue weighted by atomic mass is 9.89. The number of hydrogen-bond acceptors (Lipinski definition) is 3. The highest BCUT2D eigenvalue weighted by Crippen LogP contribution is 2.33. The fourth-order valence-electron chi connectivity index (χ4n) is 1.58. The molecule has 0 atom stereocenters. The van der Waals surface area contributed by atoms with Crippen LogP contribution in [0, 0.1) is 16.7 Å². The van der Waals surface area contributed by atoms with E-state index in [4.69, 9.17) is 22.6 Å². The minimum absolute atomic E-state index is 0.214. The number of nitrogen functional groups attached to an aromatic ring is 1. The second kappa shape index (κ2) is 6.92. The molecule has 0 bridgehead atoms. The van der Waals surface area contributed by atoms with Crippen LogP contribution in [-0.4, -0.2) is 5.75 Å². The van der Waals surface area contributed by atoms with Crippen molar-refractivity contribution in [3.05, 3.63) is 23.2 Å². The molecule has 0 aliphatic carbocycles. The number of benzene rings is 1. The van der Waals surface area contributed by atoms with Crippen LogP contribution in [0.2, 0.25) is 5.02 Å². The van der Waals surface area contributed by atoms with Crippen molar-refractivity contribution in [2.75, 3.05) is 11.5 Å². The van der Waals surface area contributed by atoms with Crippen molar-refractivity contribution in [2.24, 2.45) is 5.41 Å². The molecule has 1 rings (SSSR count). The van der Waals surface area contributed by atoms with Gasteiger partial charge in [-0.3, -0.25) is 0 Å². The molecular weight excluding hydrogens is 264 g/mol. The Kier molecular flexibility index (Phi) is 5.84. The van der Waals surface area contributed by atoms with E-state index in [0.717, 1.165) is 40.6 Å². The average molecular weight is 283 g/mol. The van der Waals surface area contributed by atoms with Gasteiger partial charge in [-0.15, -0.1) is 11.8 Å². The van der Waals surface area contributed by atoms with Gasteiger partial charge < -0.3 is 5.73 Å². The summed E-state index contributed by atoms with van der Waals surface area (Å²) in [7, 11) is 0. The molecule has 0 saturated carbocycles. The van der Waals surface area contributed by atoms with Crippen molar-refractivity contribution < 1.29 is 0 Å². The van der Waals surface area contributed by atoms with Gasteiger partial charge in [0, 0.05) is 10.6 Å². The van der Waals surface area contributed by atoms with Gasteiger partial charge in [-0.05, 0) is 44.6 Å². The molecule has 0 amide bonds. The minimum Gasteiger partial charge on any atom is -0.398 e. The summed E-state index contributed by atoms with van der Waals surface area (Å²) in [6.07, 6.45) is 3.06. The molecule has 0 fully saturated rings. The topological polar surface area (TPSA) is 49.8 Å². The van der Waals surface area contributed by atoms with Crippen LogP contribution >= 0.6 is 23.4 Å². The third-order valence-corrected chi connectivity index (χ3v) is 4.41. The molecule has 0 unspecified atom stereocenters. The lowest BCUT2D eigenvalue weighted by molar-refractivity contribution is 0.433. The van der Waals surface area contributed by atoms with Crippen molar-refractivity contribution in [1.29, 1.82) is 5.26 Å². The molecule has 0 aliphatic rings. The van der Waals surface area contributed by atoms with Crippen molar-refractivity contribution in [2.45, 2.75) is 38.0 Å². The maximum absolute atomic E-state index is 8.91. The van der Waals surface area contributed by atoms with Gasteiger partial charge in [-0.1, -0.05) is 24.1 Å². The van der Waals surface area contributed by atoms with Crippen LogP contribution in [0.25, 0.3) is 0 Å². The zero-order chi connectivity index (χ0) is 13.6. The number of nitriles is 1. The van der Waals surface area contributed by atoms with Crippen molar-refractivity contribution >= 4 is 29.1 Å². The maximum atomic E-state index is 8.91. The fourth-order valence-corrected chi connectivity index (χ4v) is 2.92. The van der Waals surface area contributed by atoms with Crippen molar-refractivity contribution in [3.8, 4) is 6.07 Å². The van der Waals surface area contributed by atoms with Gasteiger partial charge in [0.05, 0.1) is 16.5 Å². The van der Waals surface area contributed by atoms with Crippen LogP contribution in [0.1, 0.15) is 33.1 Å². The molecule has 98 valence electrons. The quantitative estimate of drug-likeness (QED) is 0.466. The summed E-state index contributed by atoms with van der Waals surface area (Å²) in [5, 5.41) is 9.63. The number of halogens is 1. The first-order chi connectivity index (χ1) is 8.46. The Morgan fingerprint density at radius 3 is 2.72 bits per heavy atom. The summed E-state index contributed by atoms with van der Waals surface area (Å²) in [4.78, 5) is 0.971. The molecule has 0 heterocycles. The molecule has 0 aliphatic heterocycles. The molecule has 0 spiro atoms. The molecule has 4 heteroatoms. The van der Waals surface area contributed by atoms with E-state index in [9.17, 15) is 0 Å². The van der Waals surface area contributed by atoms with E-state index in [1.807, 2.05) is 32.0 Å². The van der Waals surface area contributed by atoms with Crippen LogP contribution in [0.3, 0.4) is 0 Å². The highest BCUT2D eigenvalue weighted by atomic mass is 35.5. The standard InChI is InChI=1S/C14H19ClN2S/c1-14(2,10-16)8-3-4-9-18-13-11(15)6-5-7-12(13)17/h5-7H,3-4,8-9,17H2,1-2H3. The lowest BCUT2D eigenvalue weighted by Gasteiger charge is -2.14. The van der Waals surface area contributed by atoms with Gasteiger partial charge in [0.1, 0.15) is 0 Å². The molecule has 2 nitrogen and oxygen atoms in total. The number of rotatable bonds is 6. The van der Waals surface area contributed by atoms with E-state index in [1.54, 1.807) is 11.8 Å². The number of nitrogens with zero attached hydrogens (tertiary/aromatic N) is 1. The Hall–Kier alpha value is -0.850. The number of anilines is 1. The Morgan fingerprint density at radius 1 is 1.39 bits per heavy atom. The molecular formula is C14H19ClN2S. The lowest BCUT2D eigenvalue weighted by Crippen LogP contribution is -2.07. The predicted molar refractivity (Wildman–Crippen MR) is 79.8 cm³/mol. The highest BCUT2D eigenvalue weighted by Gasteiger charge is 2.15. The second-order valence-electron chi connectivity index (χ2n) is 4.96.